The van der Waals surface area contributed by atoms with Gasteiger partial charge in [-0.3, -0.25) is 0 Å². The number of benzene rings is 1. The maximum atomic E-state index is 11.6. The highest BCUT2D eigenvalue weighted by Gasteiger charge is 2.12. The van der Waals surface area contributed by atoms with Crippen LogP contribution >= 0.6 is 0 Å². The number of furan rings is 1. The van der Waals surface area contributed by atoms with Gasteiger partial charge in [-0.15, -0.1) is 0 Å². The van der Waals surface area contributed by atoms with Gasteiger partial charge in [-0.05, 0) is 37.3 Å². The van der Waals surface area contributed by atoms with Crippen molar-refractivity contribution in [2.24, 2.45) is 0 Å². The summed E-state index contributed by atoms with van der Waals surface area (Å²) in [6.07, 6.45) is 1.44. The first kappa shape index (κ1) is 13.7. The second-order valence-corrected chi connectivity index (χ2v) is 4.01. The van der Waals surface area contributed by atoms with Gasteiger partial charge in [-0.2, -0.15) is 5.26 Å². The Morgan fingerprint density at radius 3 is 2.60 bits per heavy atom. The van der Waals surface area contributed by atoms with Crippen LogP contribution in [0.3, 0.4) is 0 Å². The monoisotopic (exact) mass is 271 g/mol. The molecule has 5 nitrogen and oxygen atoms in total. The summed E-state index contributed by atoms with van der Waals surface area (Å²) in [4.78, 5) is 11.6. The Bertz CT molecular complexity index is 622. The molecule has 0 aliphatic heterocycles. The molecule has 0 saturated heterocycles. The summed E-state index contributed by atoms with van der Waals surface area (Å²) in [5, 5.41) is 8.66. The predicted octanol–water partition coefficient (Wildman–Crippen LogP) is 2.70. The lowest BCUT2D eigenvalue weighted by Crippen LogP contribution is -2.12. The third-order valence-corrected chi connectivity index (χ3v) is 2.65. The van der Waals surface area contributed by atoms with E-state index in [1.54, 1.807) is 37.3 Å². The van der Waals surface area contributed by atoms with Crippen LogP contribution < -0.4 is 4.74 Å². The molecule has 1 aromatic carbocycles. The minimum absolute atomic E-state index is 0.142. The Kier molecular flexibility index (Phi) is 4.40. The van der Waals surface area contributed by atoms with Gasteiger partial charge in [-0.1, -0.05) is 0 Å². The number of carbonyl (C=O) groups excluding carboxylic acids is 1. The fraction of sp³-hybridized carbons (Fsp3) is 0.200. The Hall–Kier alpha value is -2.74. The molecule has 20 heavy (non-hydrogen) atoms. The van der Waals surface area contributed by atoms with Gasteiger partial charge < -0.3 is 13.9 Å². The van der Waals surface area contributed by atoms with E-state index >= 15 is 0 Å². The van der Waals surface area contributed by atoms with Crippen LogP contribution in [0.15, 0.2) is 41.0 Å². The molecule has 0 atom stereocenters. The van der Waals surface area contributed by atoms with Gasteiger partial charge in [0.2, 0.25) is 0 Å². The number of nitrogens with zero attached hydrogens (tertiary/aromatic N) is 1. The Balaban J connectivity index is 1.75. The summed E-state index contributed by atoms with van der Waals surface area (Å²) < 4.78 is 15.5. The molecule has 1 heterocycles. The zero-order valence-corrected chi connectivity index (χ0v) is 11.0. The molecule has 0 spiro atoms. The van der Waals surface area contributed by atoms with Crippen LogP contribution in [0.2, 0.25) is 0 Å². The van der Waals surface area contributed by atoms with Crippen LogP contribution in [0, 0.1) is 18.3 Å². The maximum Gasteiger partial charge on any atom is 0.341 e. The van der Waals surface area contributed by atoms with Crippen molar-refractivity contribution in [1.82, 2.24) is 0 Å². The van der Waals surface area contributed by atoms with Gasteiger partial charge in [0.25, 0.3) is 0 Å². The van der Waals surface area contributed by atoms with Crippen LogP contribution in [0.4, 0.5) is 0 Å². The van der Waals surface area contributed by atoms with E-state index in [1.165, 1.54) is 6.26 Å². The lowest BCUT2D eigenvalue weighted by atomic mass is 10.2. The van der Waals surface area contributed by atoms with Crippen molar-refractivity contribution in [1.29, 1.82) is 5.26 Å². The van der Waals surface area contributed by atoms with Gasteiger partial charge >= 0.3 is 5.97 Å². The third-order valence-electron chi connectivity index (χ3n) is 2.65. The van der Waals surface area contributed by atoms with Gasteiger partial charge in [0, 0.05) is 0 Å². The average molecular weight is 271 g/mol. The lowest BCUT2D eigenvalue weighted by Gasteiger charge is -2.07. The first-order chi connectivity index (χ1) is 9.70. The van der Waals surface area contributed by atoms with Crippen LogP contribution in [0.25, 0.3) is 0 Å². The number of ether oxygens (including phenoxy) is 2. The van der Waals surface area contributed by atoms with Crippen molar-refractivity contribution in [3.8, 4) is 11.8 Å². The van der Waals surface area contributed by atoms with Crippen LogP contribution in [-0.4, -0.2) is 19.2 Å². The lowest BCUT2D eigenvalue weighted by molar-refractivity contribution is 0.0448. The maximum absolute atomic E-state index is 11.6. The van der Waals surface area contributed by atoms with Crippen molar-refractivity contribution in [2.45, 2.75) is 6.92 Å². The van der Waals surface area contributed by atoms with Gasteiger partial charge in [-0.25, -0.2) is 4.79 Å². The quantitative estimate of drug-likeness (QED) is 0.617. The molecular weight excluding hydrogens is 258 g/mol. The zero-order valence-electron chi connectivity index (χ0n) is 11.0. The predicted molar refractivity (Wildman–Crippen MR) is 70.4 cm³/mol. The highest BCUT2D eigenvalue weighted by atomic mass is 16.6. The van der Waals surface area contributed by atoms with Gasteiger partial charge in [0.1, 0.15) is 30.3 Å². The number of hydrogen-bond donors (Lipinski definition) is 0. The Morgan fingerprint density at radius 2 is 2.00 bits per heavy atom. The number of nitriles is 1. The van der Waals surface area contributed by atoms with E-state index in [9.17, 15) is 4.79 Å². The first-order valence-corrected chi connectivity index (χ1v) is 6.05. The molecule has 5 heteroatoms. The highest BCUT2D eigenvalue weighted by Crippen LogP contribution is 2.12. The summed E-state index contributed by atoms with van der Waals surface area (Å²) in [7, 11) is 0. The van der Waals surface area contributed by atoms with Crippen LogP contribution in [-0.2, 0) is 4.74 Å². The molecule has 0 saturated carbocycles. The first-order valence-electron chi connectivity index (χ1n) is 6.05. The fourth-order valence-electron chi connectivity index (χ4n) is 1.59. The van der Waals surface area contributed by atoms with E-state index in [-0.39, 0.29) is 13.2 Å². The Labute approximate surface area is 116 Å². The molecule has 0 amide bonds. The molecule has 1 aromatic heterocycles. The summed E-state index contributed by atoms with van der Waals surface area (Å²) in [6.45, 7) is 2.09. The van der Waals surface area contributed by atoms with Crippen LogP contribution in [0.1, 0.15) is 21.7 Å². The standard InChI is InChI=1S/C15H13NO4/c1-11-14(6-7-18-11)15(17)20-9-8-19-13-4-2-12(10-16)3-5-13/h2-7H,8-9H2,1H3. The minimum atomic E-state index is -0.431. The van der Waals surface area contributed by atoms with Crippen molar-refractivity contribution < 1.29 is 18.7 Å². The van der Waals surface area contributed by atoms with Crippen molar-refractivity contribution in [2.75, 3.05) is 13.2 Å². The molecule has 102 valence electrons. The molecule has 0 radical (unpaired) electrons. The number of hydrogen-bond acceptors (Lipinski definition) is 5. The molecule has 0 unspecified atom stereocenters. The highest BCUT2D eigenvalue weighted by molar-refractivity contribution is 5.90. The van der Waals surface area contributed by atoms with Crippen molar-refractivity contribution >= 4 is 5.97 Å². The van der Waals surface area contributed by atoms with E-state index in [4.69, 9.17) is 19.2 Å². The number of carbonyl (C=O) groups is 1. The average Bonchev–Trinajstić information content (AvgIpc) is 2.90. The van der Waals surface area contributed by atoms with E-state index in [1.807, 2.05) is 6.07 Å². The fourth-order valence-corrected chi connectivity index (χ4v) is 1.59. The van der Waals surface area contributed by atoms with Crippen LogP contribution in [0.5, 0.6) is 5.75 Å². The van der Waals surface area contributed by atoms with Crippen molar-refractivity contribution in [3.63, 3.8) is 0 Å². The number of aryl methyl sites for hydroxylation is 1. The second-order valence-electron chi connectivity index (χ2n) is 4.01. The van der Waals surface area contributed by atoms with E-state index in [0.29, 0.717) is 22.6 Å². The van der Waals surface area contributed by atoms with Gasteiger partial charge in [0.05, 0.1) is 17.9 Å². The number of rotatable bonds is 5. The van der Waals surface area contributed by atoms with E-state index in [0.717, 1.165) is 0 Å². The molecule has 0 aliphatic carbocycles. The van der Waals surface area contributed by atoms with E-state index < -0.39 is 5.97 Å². The molecular formula is C15H13NO4. The molecule has 0 bridgehead atoms. The third kappa shape index (κ3) is 3.39. The summed E-state index contributed by atoms with van der Waals surface area (Å²) in [6, 6.07) is 10.3. The topological polar surface area (TPSA) is 72.5 Å². The molecule has 0 N–H and O–H groups in total. The SMILES string of the molecule is Cc1occc1C(=O)OCCOc1ccc(C#N)cc1. The summed E-state index contributed by atoms with van der Waals surface area (Å²) >= 11 is 0. The Morgan fingerprint density at radius 1 is 1.25 bits per heavy atom. The smallest absolute Gasteiger partial charge is 0.341 e. The molecule has 2 rings (SSSR count). The van der Waals surface area contributed by atoms with Crippen molar-refractivity contribution in [3.05, 3.63) is 53.5 Å². The molecule has 2 aromatic rings. The summed E-state index contributed by atoms with van der Waals surface area (Å²) in [5.74, 6) is 0.724. The summed E-state index contributed by atoms with van der Waals surface area (Å²) in [5.41, 5.74) is 0.989. The zero-order chi connectivity index (χ0) is 14.4. The number of esters is 1. The molecule has 0 aliphatic rings. The minimum Gasteiger partial charge on any atom is -0.490 e. The normalized spacial score (nSPS) is 9.80. The molecule has 0 fully saturated rings. The van der Waals surface area contributed by atoms with Gasteiger partial charge in [0.15, 0.2) is 0 Å². The largest absolute Gasteiger partial charge is 0.490 e. The van der Waals surface area contributed by atoms with E-state index in [2.05, 4.69) is 0 Å². The second kappa shape index (κ2) is 6.43.